The fraction of sp³-hybridized carbons (Fsp3) is 1.00. The number of ether oxygens (including phenoxy) is 1. The molecule has 1 saturated heterocycles. The third kappa shape index (κ3) is 1.50. The van der Waals surface area contributed by atoms with Crippen LogP contribution >= 0.6 is 0 Å². The van der Waals surface area contributed by atoms with Crippen molar-refractivity contribution in [3.63, 3.8) is 0 Å². The predicted octanol–water partition coefficient (Wildman–Crippen LogP) is 1.90. The zero-order valence-electron chi connectivity index (χ0n) is 8.15. The second kappa shape index (κ2) is 2.71. The normalized spacial score (nSPS) is 32.5. The maximum Gasteiger partial charge on any atom is 0.113 e. The zero-order valence-corrected chi connectivity index (χ0v) is 8.15. The number of rotatable bonds is 0. The molecule has 0 unspecified atom stereocenters. The van der Waals surface area contributed by atoms with Gasteiger partial charge in [0.25, 0.3) is 0 Å². The van der Waals surface area contributed by atoms with Gasteiger partial charge < -0.3 is 4.74 Å². The fourth-order valence-corrected chi connectivity index (χ4v) is 2.28. The van der Waals surface area contributed by atoms with Gasteiger partial charge in [-0.15, -0.1) is 0 Å². The summed E-state index contributed by atoms with van der Waals surface area (Å²) >= 11 is 0. The van der Waals surface area contributed by atoms with Crippen LogP contribution in [0, 0.1) is 5.41 Å². The molecule has 0 bridgehead atoms. The molecule has 0 atom stereocenters. The fourth-order valence-electron chi connectivity index (χ4n) is 2.28. The standard InChI is InChI=1S/C10H19NO/c1-9(2)11-7-10(8-12-9)5-3-4-6-10/h11H,3-8H2,1-2H3. The second-order valence-electron chi connectivity index (χ2n) is 4.86. The van der Waals surface area contributed by atoms with E-state index < -0.39 is 0 Å². The smallest absolute Gasteiger partial charge is 0.113 e. The maximum atomic E-state index is 5.79. The van der Waals surface area contributed by atoms with E-state index in [4.69, 9.17) is 4.74 Å². The van der Waals surface area contributed by atoms with Crippen LogP contribution in [0.2, 0.25) is 0 Å². The molecule has 2 rings (SSSR count). The van der Waals surface area contributed by atoms with E-state index in [9.17, 15) is 0 Å². The van der Waals surface area contributed by atoms with Crippen LogP contribution in [-0.4, -0.2) is 18.9 Å². The van der Waals surface area contributed by atoms with Gasteiger partial charge in [-0.05, 0) is 26.7 Å². The lowest BCUT2D eigenvalue weighted by Crippen LogP contribution is -2.55. The lowest BCUT2D eigenvalue weighted by Gasteiger charge is -2.42. The molecule has 1 aliphatic heterocycles. The molecule has 0 amide bonds. The molecule has 2 aliphatic rings. The van der Waals surface area contributed by atoms with Gasteiger partial charge in [0.1, 0.15) is 5.72 Å². The van der Waals surface area contributed by atoms with E-state index in [0.717, 1.165) is 13.2 Å². The summed E-state index contributed by atoms with van der Waals surface area (Å²) in [5, 5.41) is 3.47. The van der Waals surface area contributed by atoms with E-state index in [1.807, 2.05) is 0 Å². The highest BCUT2D eigenvalue weighted by atomic mass is 16.5. The Morgan fingerprint density at radius 3 is 2.33 bits per heavy atom. The Balaban J connectivity index is 1.97. The Bertz CT molecular complexity index is 159. The van der Waals surface area contributed by atoms with Crippen LogP contribution in [0.15, 0.2) is 0 Å². The highest BCUT2D eigenvalue weighted by Crippen LogP contribution is 2.40. The van der Waals surface area contributed by atoms with Crippen LogP contribution in [0.4, 0.5) is 0 Å². The molecule has 1 heterocycles. The first-order valence-corrected chi connectivity index (χ1v) is 5.01. The van der Waals surface area contributed by atoms with Crippen molar-refractivity contribution in [2.45, 2.75) is 45.3 Å². The molecule has 0 radical (unpaired) electrons. The lowest BCUT2D eigenvalue weighted by molar-refractivity contribution is -0.122. The SMILES string of the molecule is CC1(C)NCC2(CCCC2)CO1. The van der Waals surface area contributed by atoms with E-state index in [0.29, 0.717) is 5.41 Å². The molecule has 2 heteroatoms. The molecule has 12 heavy (non-hydrogen) atoms. The van der Waals surface area contributed by atoms with Crippen molar-refractivity contribution >= 4 is 0 Å². The Hall–Kier alpha value is -0.0800. The summed E-state index contributed by atoms with van der Waals surface area (Å²) in [7, 11) is 0. The minimum atomic E-state index is -0.0894. The van der Waals surface area contributed by atoms with Gasteiger partial charge in [0.2, 0.25) is 0 Å². The van der Waals surface area contributed by atoms with Gasteiger partial charge in [0, 0.05) is 12.0 Å². The van der Waals surface area contributed by atoms with Gasteiger partial charge in [0.15, 0.2) is 0 Å². The highest BCUT2D eigenvalue weighted by Gasteiger charge is 2.40. The Labute approximate surface area is 74.7 Å². The zero-order chi connectivity index (χ0) is 8.66. The molecule has 1 aliphatic carbocycles. The molecule has 1 saturated carbocycles. The first kappa shape index (κ1) is 8.52. The molecule has 2 nitrogen and oxygen atoms in total. The number of nitrogens with one attached hydrogen (secondary N) is 1. The number of hydrogen-bond acceptors (Lipinski definition) is 2. The number of hydrogen-bond donors (Lipinski definition) is 1. The molecular weight excluding hydrogens is 150 g/mol. The summed E-state index contributed by atoms with van der Waals surface area (Å²) in [6.07, 6.45) is 5.50. The Morgan fingerprint density at radius 2 is 1.83 bits per heavy atom. The van der Waals surface area contributed by atoms with Gasteiger partial charge in [-0.3, -0.25) is 5.32 Å². The van der Waals surface area contributed by atoms with Crippen molar-refractivity contribution in [3.05, 3.63) is 0 Å². The van der Waals surface area contributed by atoms with E-state index in [1.165, 1.54) is 25.7 Å². The molecule has 2 fully saturated rings. The molecule has 70 valence electrons. The van der Waals surface area contributed by atoms with Gasteiger partial charge in [-0.25, -0.2) is 0 Å². The highest BCUT2D eigenvalue weighted by molar-refractivity contribution is 4.91. The van der Waals surface area contributed by atoms with E-state index >= 15 is 0 Å². The molecule has 0 aromatic rings. The molecule has 1 spiro atoms. The van der Waals surface area contributed by atoms with Crippen LogP contribution in [0.1, 0.15) is 39.5 Å². The van der Waals surface area contributed by atoms with Gasteiger partial charge in [0.05, 0.1) is 6.61 Å². The van der Waals surface area contributed by atoms with Gasteiger partial charge in [-0.1, -0.05) is 12.8 Å². The monoisotopic (exact) mass is 169 g/mol. The summed E-state index contributed by atoms with van der Waals surface area (Å²) in [4.78, 5) is 0. The summed E-state index contributed by atoms with van der Waals surface area (Å²) < 4.78 is 5.79. The Kier molecular flexibility index (Phi) is 1.92. The quantitative estimate of drug-likeness (QED) is 0.598. The minimum absolute atomic E-state index is 0.0894. The molecular formula is C10H19NO. The van der Waals surface area contributed by atoms with Crippen LogP contribution < -0.4 is 5.32 Å². The van der Waals surface area contributed by atoms with E-state index in [1.54, 1.807) is 0 Å². The summed E-state index contributed by atoms with van der Waals surface area (Å²) in [6, 6.07) is 0. The van der Waals surface area contributed by atoms with Crippen LogP contribution in [0.5, 0.6) is 0 Å². The molecule has 0 aromatic heterocycles. The maximum absolute atomic E-state index is 5.79. The van der Waals surface area contributed by atoms with Crippen molar-refractivity contribution in [1.29, 1.82) is 0 Å². The minimum Gasteiger partial charge on any atom is -0.361 e. The molecule has 0 aromatic carbocycles. The average Bonchev–Trinajstić information content (AvgIpc) is 2.46. The first-order chi connectivity index (χ1) is 5.62. The largest absolute Gasteiger partial charge is 0.361 e. The van der Waals surface area contributed by atoms with Crippen molar-refractivity contribution < 1.29 is 4.74 Å². The van der Waals surface area contributed by atoms with Crippen LogP contribution in [-0.2, 0) is 4.74 Å². The average molecular weight is 169 g/mol. The topological polar surface area (TPSA) is 21.3 Å². The second-order valence-corrected chi connectivity index (χ2v) is 4.86. The van der Waals surface area contributed by atoms with E-state index in [2.05, 4.69) is 19.2 Å². The van der Waals surface area contributed by atoms with Crippen molar-refractivity contribution in [2.24, 2.45) is 5.41 Å². The predicted molar refractivity (Wildman–Crippen MR) is 48.9 cm³/mol. The van der Waals surface area contributed by atoms with Crippen LogP contribution in [0.25, 0.3) is 0 Å². The summed E-state index contributed by atoms with van der Waals surface area (Å²) in [5.74, 6) is 0. The van der Waals surface area contributed by atoms with E-state index in [-0.39, 0.29) is 5.72 Å². The van der Waals surface area contributed by atoms with Crippen LogP contribution in [0.3, 0.4) is 0 Å². The third-order valence-electron chi connectivity index (χ3n) is 3.29. The third-order valence-corrected chi connectivity index (χ3v) is 3.29. The summed E-state index contributed by atoms with van der Waals surface area (Å²) in [5.41, 5.74) is 0.406. The van der Waals surface area contributed by atoms with Gasteiger partial charge >= 0.3 is 0 Å². The molecule has 1 N–H and O–H groups in total. The van der Waals surface area contributed by atoms with Crippen molar-refractivity contribution in [3.8, 4) is 0 Å². The first-order valence-electron chi connectivity index (χ1n) is 5.01. The summed E-state index contributed by atoms with van der Waals surface area (Å²) in [6.45, 7) is 6.33. The van der Waals surface area contributed by atoms with Crippen molar-refractivity contribution in [1.82, 2.24) is 5.32 Å². The van der Waals surface area contributed by atoms with Gasteiger partial charge in [-0.2, -0.15) is 0 Å². The lowest BCUT2D eigenvalue weighted by atomic mass is 9.85. The Morgan fingerprint density at radius 1 is 1.17 bits per heavy atom. The van der Waals surface area contributed by atoms with Crippen molar-refractivity contribution in [2.75, 3.05) is 13.2 Å².